The summed E-state index contributed by atoms with van der Waals surface area (Å²) in [5, 5.41) is 11.3. The number of nitrogens with one attached hydrogen (secondary N) is 1. The van der Waals surface area contributed by atoms with Crippen molar-refractivity contribution in [1.29, 1.82) is 0 Å². The van der Waals surface area contributed by atoms with Crippen LogP contribution >= 0.6 is 0 Å². The fraction of sp³-hybridized carbons (Fsp3) is 0.214. The number of carboxylic acids is 1. The molecule has 21 heavy (non-hydrogen) atoms. The summed E-state index contributed by atoms with van der Waals surface area (Å²) in [5.74, 6) is -1.22. The number of amides is 1. The Morgan fingerprint density at radius 1 is 1.24 bits per heavy atom. The quantitative estimate of drug-likeness (QED) is 0.821. The van der Waals surface area contributed by atoms with Gasteiger partial charge in [-0.2, -0.15) is 0 Å². The summed E-state index contributed by atoms with van der Waals surface area (Å²) in [6.45, 7) is 0.389. The van der Waals surface area contributed by atoms with Crippen LogP contribution in [0.3, 0.4) is 0 Å². The lowest BCUT2D eigenvalue weighted by atomic mass is 10.3. The fourth-order valence-corrected chi connectivity index (χ4v) is 1.73. The molecule has 0 spiro atoms. The minimum absolute atomic E-state index is 0.107. The first-order valence-electron chi connectivity index (χ1n) is 6.30. The number of rotatable bonds is 6. The van der Waals surface area contributed by atoms with Gasteiger partial charge in [-0.25, -0.2) is 4.79 Å². The Labute approximate surface area is 119 Å². The van der Waals surface area contributed by atoms with E-state index in [4.69, 9.17) is 9.52 Å². The van der Waals surface area contributed by atoms with E-state index < -0.39 is 5.97 Å². The first-order valence-corrected chi connectivity index (χ1v) is 6.30. The van der Waals surface area contributed by atoms with Crippen LogP contribution in [0.5, 0.6) is 0 Å². The lowest BCUT2D eigenvalue weighted by Gasteiger charge is -2.05. The van der Waals surface area contributed by atoms with Gasteiger partial charge in [-0.05, 0) is 18.2 Å². The molecule has 2 heterocycles. The maximum absolute atomic E-state index is 11.7. The highest BCUT2D eigenvalue weighted by molar-refractivity contribution is 5.84. The second-order valence-corrected chi connectivity index (χ2v) is 4.33. The zero-order valence-corrected chi connectivity index (χ0v) is 11.1. The zero-order chi connectivity index (χ0) is 15.2. The molecule has 0 aliphatic heterocycles. The van der Waals surface area contributed by atoms with E-state index in [2.05, 4.69) is 5.32 Å². The van der Waals surface area contributed by atoms with Crippen molar-refractivity contribution < 1.29 is 19.1 Å². The molecule has 2 aromatic rings. The predicted molar refractivity (Wildman–Crippen MR) is 72.8 cm³/mol. The molecule has 0 aliphatic carbocycles. The molecule has 2 N–H and O–H groups in total. The van der Waals surface area contributed by atoms with Crippen molar-refractivity contribution in [1.82, 2.24) is 9.88 Å². The normalized spacial score (nSPS) is 10.3. The number of aromatic carboxylic acids is 1. The average Bonchev–Trinajstić information content (AvgIpc) is 2.93. The Balaban J connectivity index is 1.81. The number of furan rings is 1. The van der Waals surface area contributed by atoms with E-state index in [1.807, 2.05) is 0 Å². The van der Waals surface area contributed by atoms with E-state index in [-0.39, 0.29) is 36.7 Å². The molecule has 0 aliphatic rings. The predicted octanol–water partition coefficient (Wildman–Crippen LogP) is 0.846. The minimum atomic E-state index is -1.16. The molecule has 0 fully saturated rings. The smallest absolute Gasteiger partial charge is 0.371 e. The number of nitrogens with zero attached hydrogens (tertiary/aromatic N) is 1. The largest absolute Gasteiger partial charge is 0.475 e. The summed E-state index contributed by atoms with van der Waals surface area (Å²) in [7, 11) is 0. The molecule has 7 nitrogen and oxygen atoms in total. The Morgan fingerprint density at radius 3 is 2.71 bits per heavy atom. The Bertz CT molecular complexity index is 701. The highest BCUT2D eigenvalue weighted by Crippen LogP contribution is 2.07. The fourth-order valence-electron chi connectivity index (χ4n) is 1.73. The van der Waals surface area contributed by atoms with Crippen LogP contribution < -0.4 is 10.9 Å². The molecule has 0 saturated heterocycles. The molecule has 1 amide bonds. The van der Waals surface area contributed by atoms with Crippen molar-refractivity contribution in [2.75, 3.05) is 0 Å². The molecule has 0 atom stereocenters. The van der Waals surface area contributed by atoms with Gasteiger partial charge in [0.1, 0.15) is 5.76 Å². The molecule has 0 aromatic carbocycles. The van der Waals surface area contributed by atoms with Crippen LogP contribution in [0.4, 0.5) is 0 Å². The Hall–Kier alpha value is -2.83. The molecule has 0 radical (unpaired) electrons. The van der Waals surface area contributed by atoms with E-state index in [1.54, 1.807) is 18.3 Å². The van der Waals surface area contributed by atoms with Crippen LogP contribution in [0.2, 0.25) is 0 Å². The van der Waals surface area contributed by atoms with Gasteiger partial charge in [0.05, 0.1) is 6.54 Å². The van der Waals surface area contributed by atoms with Gasteiger partial charge in [0, 0.05) is 25.2 Å². The highest BCUT2D eigenvalue weighted by Gasteiger charge is 2.09. The first kappa shape index (κ1) is 14.6. The monoisotopic (exact) mass is 290 g/mol. The minimum Gasteiger partial charge on any atom is -0.475 e. The first-order chi connectivity index (χ1) is 10.1. The van der Waals surface area contributed by atoms with E-state index in [0.29, 0.717) is 5.76 Å². The molecular formula is C14H14N2O5. The molecule has 2 rings (SSSR count). The number of hydrogen-bond donors (Lipinski definition) is 2. The van der Waals surface area contributed by atoms with Crippen LogP contribution in [0.15, 0.2) is 45.7 Å². The van der Waals surface area contributed by atoms with Gasteiger partial charge >= 0.3 is 5.97 Å². The van der Waals surface area contributed by atoms with Gasteiger partial charge in [0.2, 0.25) is 11.7 Å². The summed E-state index contributed by atoms with van der Waals surface area (Å²) in [5.41, 5.74) is -0.164. The van der Waals surface area contributed by atoms with E-state index in [1.165, 1.54) is 22.8 Å². The number of aromatic nitrogens is 1. The number of carbonyl (C=O) groups is 2. The number of hydrogen-bond acceptors (Lipinski definition) is 4. The van der Waals surface area contributed by atoms with Gasteiger partial charge in [0.25, 0.3) is 5.56 Å². The molecular weight excluding hydrogens is 276 g/mol. The summed E-state index contributed by atoms with van der Waals surface area (Å²) < 4.78 is 6.45. The molecule has 0 unspecified atom stereocenters. The standard InChI is InChI=1S/C14H14N2O5/c17-12(6-8-16-7-2-1-3-13(16)18)15-9-10-4-5-11(21-10)14(19)20/h1-5,7H,6,8-9H2,(H,15,17)(H,19,20). The third-order valence-electron chi connectivity index (χ3n) is 2.81. The second-order valence-electron chi connectivity index (χ2n) is 4.33. The Morgan fingerprint density at radius 2 is 2.05 bits per heavy atom. The van der Waals surface area contributed by atoms with E-state index in [9.17, 15) is 14.4 Å². The van der Waals surface area contributed by atoms with Gasteiger partial charge in [0.15, 0.2) is 0 Å². The van der Waals surface area contributed by atoms with E-state index in [0.717, 1.165) is 0 Å². The number of carbonyl (C=O) groups excluding carboxylic acids is 1. The average molecular weight is 290 g/mol. The topological polar surface area (TPSA) is 102 Å². The van der Waals surface area contributed by atoms with Crippen LogP contribution in [0.1, 0.15) is 22.7 Å². The number of aryl methyl sites for hydroxylation is 1. The maximum Gasteiger partial charge on any atom is 0.371 e. The highest BCUT2D eigenvalue weighted by atomic mass is 16.4. The van der Waals surface area contributed by atoms with Gasteiger partial charge in [-0.15, -0.1) is 0 Å². The summed E-state index contributed by atoms with van der Waals surface area (Å²) >= 11 is 0. The van der Waals surface area contributed by atoms with Crippen LogP contribution in [0.25, 0.3) is 0 Å². The van der Waals surface area contributed by atoms with Crippen LogP contribution in [-0.2, 0) is 17.9 Å². The summed E-state index contributed by atoms with van der Waals surface area (Å²) in [6.07, 6.45) is 1.76. The third-order valence-corrected chi connectivity index (χ3v) is 2.81. The Kier molecular flexibility index (Phi) is 4.55. The summed E-state index contributed by atoms with van der Waals surface area (Å²) in [4.78, 5) is 33.7. The SMILES string of the molecule is O=C(CCn1ccccc1=O)NCc1ccc(C(=O)O)o1. The van der Waals surface area contributed by atoms with Gasteiger partial charge < -0.3 is 19.4 Å². The summed E-state index contributed by atoms with van der Waals surface area (Å²) in [6, 6.07) is 7.60. The zero-order valence-electron chi connectivity index (χ0n) is 11.1. The second kappa shape index (κ2) is 6.56. The lowest BCUT2D eigenvalue weighted by Crippen LogP contribution is -2.26. The van der Waals surface area contributed by atoms with Crippen molar-refractivity contribution in [3.05, 3.63) is 58.4 Å². The van der Waals surface area contributed by atoms with Crippen LogP contribution in [-0.4, -0.2) is 21.6 Å². The van der Waals surface area contributed by atoms with Crippen molar-refractivity contribution in [2.45, 2.75) is 19.5 Å². The van der Waals surface area contributed by atoms with Crippen molar-refractivity contribution >= 4 is 11.9 Å². The van der Waals surface area contributed by atoms with Crippen molar-refractivity contribution in [3.8, 4) is 0 Å². The van der Waals surface area contributed by atoms with Crippen LogP contribution in [0, 0.1) is 0 Å². The third kappa shape index (κ3) is 4.07. The van der Waals surface area contributed by atoms with Gasteiger partial charge in [-0.3, -0.25) is 9.59 Å². The molecule has 2 aromatic heterocycles. The lowest BCUT2D eigenvalue weighted by molar-refractivity contribution is -0.121. The van der Waals surface area contributed by atoms with Gasteiger partial charge in [-0.1, -0.05) is 6.07 Å². The maximum atomic E-state index is 11.7. The van der Waals surface area contributed by atoms with Crippen molar-refractivity contribution in [3.63, 3.8) is 0 Å². The molecule has 0 saturated carbocycles. The number of carboxylic acid groups (broad SMARTS) is 1. The molecule has 7 heteroatoms. The molecule has 0 bridgehead atoms. The molecule has 110 valence electrons. The number of pyridine rings is 1. The van der Waals surface area contributed by atoms with Crippen molar-refractivity contribution in [2.24, 2.45) is 0 Å². The van der Waals surface area contributed by atoms with E-state index >= 15 is 0 Å².